The number of hydrogen-bond donors (Lipinski definition) is 2. The monoisotopic (exact) mass is 238 g/mol. The first kappa shape index (κ1) is 12.1. The van der Waals surface area contributed by atoms with Crippen LogP contribution in [-0.4, -0.2) is 28.8 Å². The first-order valence-electron chi connectivity index (χ1n) is 6.04. The molecule has 2 atom stereocenters. The number of aliphatic hydroxyl groups is 1. The maximum atomic E-state index is 11.8. The number of nitrogens with zero attached hydrogens (tertiary/aromatic N) is 1. The first-order valence-corrected chi connectivity index (χ1v) is 6.04. The molecule has 0 aromatic carbocycles. The topological polar surface area (TPSA) is 75.4 Å². The second-order valence-electron chi connectivity index (χ2n) is 4.69. The number of carbonyl (C=O) groups is 1. The van der Waals surface area contributed by atoms with Gasteiger partial charge in [0.2, 0.25) is 0 Å². The van der Waals surface area contributed by atoms with Gasteiger partial charge in [-0.3, -0.25) is 4.79 Å². The highest BCUT2D eigenvalue weighted by molar-refractivity contribution is 5.94. The lowest BCUT2D eigenvalue weighted by Crippen LogP contribution is -2.33. The molecule has 1 aromatic rings. The van der Waals surface area contributed by atoms with Crippen LogP contribution in [0.25, 0.3) is 0 Å². The third kappa shape index (κ3) is 3.06. The quantitative estimate of drug-likeness (QED) is 0.831. The van der Waals surface area contributed by atoms with Crippen molar-refractivity contribution in [3.05, 3.63) is 17.5 Å². The minimum atomic E-state index is -0.206. The SMILES string of the molecule is Cc1oncc1C(=O)NCC1CCCC(O)C1. The highest BCUT2D eigenvalue weighted by Gasteiger charge is 2.21. The first-order chi connectivity index (χ1) is 8.16. The van der Waals surface area contributed by atoms with E-state index in [1.807, 2.05) is 0 Å². The predicted molar refractivity (Wildman–Crippen MR) is 61.5 cm³/mol. The van der Waals surface area contributed by atoms with Crippen molar-refractivity contribution in [3.63, 3.8) is 0 Å². The van der Waals surface area contributed by atoms with Crippen LogP contribution < -0.4 is 5.32 Å². The normalized spacial score (nSPS) is 24.6. The van der Waals surface area contributed by atoms with Crippen LogP contribution in [0.1, 0.15) is 41.8 Å². The Morgan fingerprint density at radius 1 is 1.65 bits per heavy atom. The maximum absolute atomic E-state index is 11.8. The molecule has 1 aliphatic rings. The van der Waals surface area contributed by atoms with Gasteiger partial charge < -0.3 is 14.9 Å². The second kappa shape index (κ2) is 5.31. The Hall–Kier alpha value is -1.36. The highest BCUT2D eigenvalue weighted by Crippen LogP contribution is 2.23. The second-order valence-corrected chi connectivity index (χ2v) is 4.69. The Morgan fingerprint density at radius 3 is 3.12 bits per heavy atom. The summed E-state index contributed by atoms with van der Waals surface area (Å²) >= 11 is 0. The third-order valence-electron chi connectivity index (χ3n) is 3.30. The largest absolute Gasteiger partial charge is 0.393 e. The van der Waals surface area contributed by atoms with Gasteiger partial charge in [0.25, 0.3) is 5.91 Å². The molecule has 1 amide bonds. The number of nitrogens with one attached hydrogen (secondary N) is 1. The number of aliphatic hydroxyl groups excluding tert-OH is 1. The van der Waals surface area contributed by atoms with Gasteiger partial charge in [-0.1, -0.05) is 11.6 Å². The van der Waals surface area contributed by atoms with Crippen molar-refractivity contribution in [2.45, 2.75) is 38.7 Å². The zero-order valence-electron chi connectivity index (χ0n) is 9.98. The number of amides is 1. The van der Waals surface area contributed by atoms with Gasteiger partial charge in [0.1, 0.15) is 11.3 Å². The van der Waals surface area contributed by atoms with Crippen molar-refractivity contribution in [1.82, 2.24) is 10.5 Å². The van der Waals surface area contributed by atoms with Crippen LogP contribution in [0.4, 0.5) is 0 Å². The van der Waals surface area contributed by atoms with Crippen LogP contribution in [0.15, 0.2) is 10.7 Å². The molecule has 1 saturated carbocycles. The number of rotatable bonds is 3. The predicted octanol–water partition coefficient (Wildman–Crippen LogP) is 1.26. The van der Waals surface area contributed by atoms with Gasteiger partial charge in [-0.15, -0.1) is 0 Å². The van der Waals surface area contributed by atoms with Gasteiger partial charge in [-0.05, 0) is 32.1 Å². The molecule has 0 saturated heterocycles. The van der Waals surface area contributed by atoms with E-state index in [0.29, 0.717) is 23.8 Å². The molecule has 0 aliphatic heterocycles. The van der Waals surface area contributed by atoms with Gasteiger partial charge in [0.15, 0.2) is 0 Å². The summed E-state index contributed by atoms with van der Waals surface area (Å²) in [6.45, 7) is 2.33. The molecule has 2 rings (SSSR count). The summed E-state index contributed by atoms with van der Waals surface area (Å²) in [4.78, 5) is 11.8. The van der Waals surface area contributed by atoms with E-state index in [9.17, 15) is 9.90 Å². The van der Waals surface area contributed by atoms with Crippen LogP contribution in [0.3, 0.4) is 0 Å². The maximum Gasteiger partial charge on any atom is 0.256 e. The van der Waals surface area contributed by atoms with Crippen molar-refractivity contribution in [2.24, 2.45) is 5.92 Å². The van der Waals surface area contributed by atoms with E-state index >= 15 is 0 Å². The molecule has 1 aliphatic carbocycles. The number of aryl methyl sites for hydroxylation is 1. The summed E-state index contributed by atoms with van der Waals surface area (Å²) in [7, 11) is 0. The minimum Gasteiger partial charge on any atom is -0.393 e. The number of hydrogen-bond acceptors (Lipinski definition) is 4. The summed E-state index contributed by atoms with van der Waals surface area (Å²) in [5, 5.41) is 16.0. The Bertz CT molecular complexity index is 389. The van der Waals surface area contributed by atoms with Crippen molar-refractivity contribution in [1.29, 1.82) is 0 Å². The van der Waals surface area contributed by atoms with Crippen LogP contribution in [-0.2, 0) is 0 Å². The van der Waals surface area contributed by atoms with E-state index in [1.165, 1.54) is 6.20 Å². The molecular formula is C12H18N2O3. The minimum absolute atomic E-state index is 0.149. The fraction of sp³-hybridized carbons (Fsp3) is 0.667. The fourth-order valence-corrected chi connectivity index (χ4v) is 2.30. The smallest absolute Gasteiger partial charge is 0.256 e. The Labute approximate surface area is 100 Å². The van der Waals surface area contributed by atoms with Crippen LogP contribution in [0, 0.1) is 12.8 Å². The lowest BCUT2D eigenvalue weighted by Gasteiger charge is -2.25. The molecule has 17 heavy (non-hydrogen) atoms. The average molecular weight is 238 g/mol. The van der Waals surface area contributed by atoms with E-state index in [1.54, 1.807) is 6.92 Å². The van der Waals surface area contributed by atoms with E-state index in [-0.39, 0.29) is 12.0 Å². The summed E-state index contributed by atoms with van der Waals surface area (Å²) in [5.41, 5.74) is 0.487. The van der Waals surface area contributed by atoms with E-state index < -0.39 is 0 Å². The van der Waals surface area contributed by atoms with Gasteiger partial charge in [-0.25, -0.2) is 0 Å². The molecule has 1 heterocycles. The molecule has 0 spiro atoms. The van der Waals surface area contributed by atoms with E-state index in [4.69, 9.17) is 4.52 Å². The number of carbonyl (C=O) groups excluding carboxylic acids is 1. The summed E-state index contributed by atoms with van der Waals surface area (Å²) in [5.74, 6) is 0.762. The van der Waals surface area contributed by atoms with Gasteiger partial charge in [-0.2, -0.15) is 0 Å². The molecule has 2 N–H and O–H groups in total. The molecule has 1 aromatic heterocycles. The highest BCUT2D eigenvalue weighted by atomic mass is 16.5. The van der Waals surface area contributed by atoms with Crippen molar-refractivity contribution < 1.29 is 14.4 Å². The van der Waals surface area contributed by atoms with Gasteiger partial charge >= 0.3 is 0 Å². The van der Waals surface area contributed by atoms with Crippen LogP contribution in [0.5, 0.6) is 0 Å². The fourth-order valence-electron chi connectivity index (χ4n) is 2.30. The molecule has 1 fully saturated rings. The molecule has 5 nitrogen and oxygen atoms in total. The van der Waals surface area contributed by atoms with Crippen molar-refractivity contribution in [2.75, 3.05) is 6.54 Å². The van der Waals surface area contributed by atoms with Gasteiger partial charge in [0.05, 0.1) is 12.3 Å². The molecule has 0 bridgehead atoms. The molecule has 0 radical (unpaired) electrons. The molecular weight excluding hydrogens is 220 g/mol. The summed E-state index contributed by atoms with van der Waals surface area (Å²) in [6, 6.07) is 0. The summed E-state index contributed by atoms with van der Waals surface area (Å²) < 4.78 is 4.84. The molecule has 5 heteroatoms. The standard InChI is InChI=1S/C12H18N2O3/c1-8-11(7-14-17-8)12(16)13-6-9-3-2-4-10(15)5-9/h7,9-10,15H,2-6H2,1H3,(H,13,16). The Balaban J connectivity index is 1.82. The zero-order chi connectivity index (χ0) is 12.3. The van der Waals surface area contributed by atoms with Crippen LogP contribution in [0.2, 0.25) is 0 Å². The Morgan fingerprint density at radius 2 is 2.47 bits per heavy atom. The lowest BCUT2D eigenvalue weighted by atomic mass is 9.87. The Kier molecular flexibility index (Phi) is 3.78. The lowest BCUT2D eigenvalue weighted by molar-refractivity contribution is 0.0872. The number of aromatic nitrogens is 1. The van der Waals surface area contributed by atoms with E-state index in [0.717, 1.165) is 25.7 Å². The molecule has 2 unspecified atom stereocenters. The summed E-state index contributed by atoms with van der Waals surface area (Å²) in [6.07, 6.45) is 5.00. The van der Waals surface area contributed by atoms with E-state index in [2.05, 4.69) is 10.5 Å². The van der Waals surface area contributed by atoms with Crippen molar-refractivity contribution in [3.8, 4) is 0 Å². The zero-order valence-corrected chi connectivity index (χ0v) is 9.98. The average Bonchev–Trinajstić information content (AvgIpc) is 2.72. The van der Waals surface area contributed by atoms with Crippen molar-refractivity contribution >= 4 is 5.91 Å². The molecule has 94 valence electrons. The van der Waals surface area contributed by atoms with Gasteiger partial charge in [0, 0.05) is 6.54 Å². The van der Waals surface area contributed by atoms with Crippen LogP contribution >= 0.6 is 0 Å². The third-order valence-corrected chi connectivity index (χ3v) is 3.30.